The summed E-state index contributed by atoms with van der Waals surface area (Å²) >= 11 is 11.7. The quantitative estimate of drug-likeness (QED) is 0.592. The lowest BCUT2D eigenvalue weighted by Gasteiger charge is -2.19. The predicted octanol–water partition coefficient (Wildman–Crippen LogP) is 2.65. The van der Waals surface area contributed by atoms with Crippen molar-refractivity contribution in [3.8, 4) is 0 Å². The lowest BCUT2D eigenvalue weighted by molar-refractivity contribution is -0.154. The SMILES string of the molecule is O=C(COC(=O)CN1C(=O)[C@@H]2CCCC[C@H]2C1=O)Nc1ccc(Cl)cc1Cl. The molecule has 27 heavy (non-hydrogen) atoms. The molecule has 0 bridgehead atoms. The second-order valence-corrected chi connectivity index (χ2v) is 7.44. The number of fused-ring (bicyclic) bond motifs is 1. The first-order valence-electron chi connectivity index (χ1n) is 8.62. The Kier molecular flexibility index (Phi) is 6.01. The summed E-state index contributed by atoms with van der Waals surface area (Å²) in [6, 6.07) is 4.54. The number of carbonyl (C=O) groups excluding carboxylic acids is 4. The van der Waals surface area contributed by atoms with Crippen molar-refractivity contribution >= 4 is 52.6 Å². The number of imide groups is 1. The second-order valence-electron chi connectivity index (χ2n) is 6.59. The molecular weight excluding hydrogens is 395 g/mol. The minimum absolute atomic E-state index is 0.248. The summed E-state index contributed by atoms with van der Waals surface area (Å²) in [6.07, 6.45) is 3.16. The van der Waals surface area contributed by atoms with Crippen LogP contribution in [0.1, 0.15) is 25.7 Å². The van der Waals surface area contributed by atoms with E-state index in [0.29, 0.717) is 23.6 Å². The monoisotopic (exact) mass is 412 g/mol. The molecule has 2 fully saturated rings. The van der Waals surface area contributed by atoms with Gasteiger partial charge in [-0.05, 0) is 31.0 Å². The van der Waals surface area contributed by atoms with Crippen molar-refractivity contribution in [2.75, 3.05) is 18.5 Å². The molecule has 144 valence electrons. The lowest BCUT2D eigenvalue weighted by Crippen LogP contribution is -2.37. The standard InChI is InChI=1S/C18H18Cl2N2O5/c19-10-5-6-14(13(20)7-10)21-15(23)9-27-16(24)8-22-17(25)11-3-1-2-4-12(11)18(22)26/h5-7,11-12H,1-4,8-9H2,(H,21,23)/t11-,12-/m1/s1. The van der Waals surface area contributed by atoms with Crippen LogP contribution < -0.4 is 5.32 Å². The van der Waals surface area contributed by atoms with E-state index in [1.165, 1.54) is 12.1 Å². The van der Waals surface area contributed by atoms with Gasteiger partial charge in [-0.15, -0.1) is 0 Å². The minimum atomic E-state index is -0.812. The number of hydrogen-bond acceptors (Lipinski definition) is 5. The van der Waals surface area contributed by atoms with Crippen LogP contribution in [-0.2, 0) is 23.9 Å². The first kappa shape index (κ1) is 19.6. The van der Waals surface area contributed by atoms with Gasteiger partial charge in [0.15, 0.2) is 6.61 Å². The summed E-state index contributed by atoms with van der Waals surface area (Å²) in [5, 5.41) is 3.16. The molecule has 2 atom stereocenters. The predicted molar refractivity (Wildman–Crippen MR) is 98.2 cm³/mol. The number of esters is 1. The second kappa shape index (κ2) is 8.27. The van der Waals surface area contributed by atoms with E-state index in [2.05, 4.69) is 5.32 Å². The van der Waals surface area contributed by atoms with Gasteiger partial charge in [-0.1, -0.05) is 36.0 Å². The number of nitrogens with one attached hydrogen (secondary N) is 1. The van der Waals surface area contributed by atoms with Crippen molar-refractivity contribution in [3.05, 3.63) is 28.2 Å². The van der Waals surface area contributed by atoms with Crippen molar-refractivity contribution in [2.45, 2.75) is 25.7 Å². The van der Waals surface area contributed by atoms with E-state index in [1.807, 2.05) is 0 Å². The molecule has 1 N–H and O–H groups in total. The fraction of sp³-hybridized carbons (Fsp3) is 0.444. The van der Waals surface area contributed by atoms with Gasteiger partial charge < -0.3 is 10.1 Å². The molecular formula is C18H18Cl2N2O5. The van der Waals surface area contributed by atoms with E-state index in [0.717, 1.165) is 17.7 Å². The molecule has 1 heterocycles. The number of amides is 3. The van der Waals surface area contributed by atoms with Gasteiger partial charge in [0.25, 0.3) is 5.91 Å². The van der Waals surface area contributed by atoms with Crippen LogP contribution in [0.2, 0.25) is 10.0 Å². The van der Waals surface area contributed by atoms with Crippen molar-refractivity contribution in [1.29, 1.82) is 0 Å². The summed E-state index contributed by atoms with van der Waals surface area (Å²) in [5.41, 5.74) is 0.330. The fourth-order valence-corrected chi connectivity index (χ4v) is 3.94. The van der Waals surface area contributed by atoms with Crippen LogP contribution in [0.3, 0.4) is 0 Å². The maximum atomic E-state index is 12.3. The molecule has 1 aromatic carbocycles. The number of nitrogens with zero attached hydrogens (tertiary/aromatic N) is 1. The summed E-state index contributed by atoms with van der Waals surface area (Å²) in [6.45, 7) is -1.03. The molecule has 1 aromatic rings. The number of halogens is 2. The lowest BCUT2D eigenvalue weighted by atomic mass is 9.81. The van der Waals surface area contributed by atoms with Gasteiger partial charge in [-0.25, -0.2) is 0 Å². The Hall–Kier alpha value is -2.12. The highest BCUT2D eigenvalue weighted by Gasteiger charge is 2.48. The van der Waals surface area contributed by atoms with Gasteiger partial charge in [0.05, 0.1) is 22.5 Å². The van der Waals surface area contributed by atoms with Gasteiger partial charge >= 0.3 is 5.97 Å². The largest absolute Gasteiger partial charge is 0.454 e. The zero-order valence-corrected chi connectivity index (χ0v) is 15.9. The first-order chi connectivity index (χ1) is 12.9. The normalized spacial score (nSPS) is 21.8. The summed E-state index contributed by atoms with van der Waals surface area (Å²) in [4.78, 5) is 49.5. The van der Waals surface area contributed by atoms with Gasteiger partial charge in [0, 0.05) is 5.02 Å². The Morgan fingerprint density at radius 2 is 1.74 bits per heavy atom. The summed E-state index contributed by atoms with van der Waals surface area (Å²) in [5.74, 6) is -2.70. The van der Waals surface area contributed by atoms with Crippen molar-refractivity contribution in [3.63, 3.8) is 0 Å². The topological polar surface area (TPSA) is 92.8 Å². The average molecular weight is 413 g/mol. The highest BCUT2D eigenvalue weighted by Crippen LogP contribution is 2.37. The van der Waals surface area contributed by atoms with Gasteiger partial charge in [0.1, 0.15) is 6.54 Å². The molecule has 0 spiro atoms. The summed E-state index contributed by atoms with van der Waals surface area (Å²) in [7, 11) is 0. The molecule has 0 unspecified atom stereocenters. The first-order valence-corrected chi connectivity index (χ1v) is 9.38. The number of carbonyl (C=O) groups is 4. The van der Waals surface area contributed by atoms with E-state index >= 15 is 0 Å². The van der Waals surface area contributed by atoms with E-state index in [9.17, 15) is 19.2 Å². The number of benzene rings is 1. The molecule has 0 radical (unpaired) electrons. The zero-order valence-electron chi connectivity index (χ0n) is 14.4. The van der Waals surface area contributed by atoms with Crippen molar-refractivity contribution < 1.29 is 23.9 Å². The molecule has 1 saturated carbocycles. The van der Waals surface area contributed by atoms with Crippen LogP contribution in [0.4, 0.5) is 5.69 Å². The van der Waals surface area contributed by atoms with Crippen LogP contribution in [0.25, 0.3) is 0 Å². The van der Waals surface area contributed by atoms with Crippen LogP contribution in [0.5, 0.6) is 0 Å². The third-order valence-electron chi connectivity index (χ3n) is 4.79. The molecule has 3 amide bonds. The minimum Gasteiger partial charge on any atom is -0.454 e. The van der Waals surface area contributed by atoms with Crippen molar-refractivity contribution in [2.24, 2.45) is 11.8 Å². The molecule has 1 saturated heterocycles. The highest BCUT2D eigenvalue weighted by molar-refractivity contribution is 6.36. The maximum Gasteiger partial charge on any atom is 0.326 e. The molecule has 1 aliphatic heterocycles. The van der Waals surface area contributed by atoms with E-state index in [4.69, 9.17) is 27.9 Å². The molecule has 0 aromatic heterocycles. The molecule has 7 nitrogen and oxygen atoms in total. The third-order valence-corrected chi connectivity index (χ3v) is 5.34. The van der Waals surface area contributed by atoms with Crippen molar-refractivity contribution in [1.82, 2.24) is 4.90 Å². The number of hydrogen-bond donors (Lipinski definition) is 1. The van der Waals surface area contributed by atoms with Crippen LogP contribution in [0, 0.1) is 11.8 Å². The Balaban J connectivity index is 1.50. The fourth-order valence-electron chi connectivity index (χ4n) is 3.48. The van der Waals surface area contributed by atoms with E-state index in [1.54, 1.807) is 6.07 Å². The Morgan fingerprint density at radius 3 is 2.33 bits per heavy atom. The zero-order chi connectivity index (χ0) is 19.6. The molecule has 3 rings (SSSR count). The number of rotatable bonds is 5. The average Bonchev–Trinajstić information content (AvgIpc) is 2.88. The van der Waals surface area contributed by atoms with Gasteiger partial charge in [-0.2, -0.15) is 0 Å². The smallest absolute Gasteiger partial charge is 0.326 e. The van der Waals surface area contributed by atoms with Gasteiger partial charge in [-0.3, -0.25) is 24.1 Å². The van der Waals surface area contributed by atoms with E-state index < -0.39 is 25.0 Å². The van der Waals surface area contributed by atoms with E-state index in [-0.39, 0.29) is 28.7 Å². The van der Waals surface area contributed by atoms with Crippen LogP contribution in [0.15, 0.2) is 18.2 Å². The Labute approximate surface area is 165 Å². The Bertz CT molecular complexity index is 774. The maximum absolute atomic E-state index is 12.3. The highest BCUT2D eigenvalue weighted by atomic mass is 35.5. The number of anilines is 1. The van der Waals surface area contributed by atoms with Crippen LogP contribution >= 0.6 is 23.2 Å². The molecule has 9 heteroatoms. The van der Waals surface area contributed by atoms with Crippen LogP contribution in [-0.4, -0.2) is 41.7 Å². The van der Waals surface area contributed by atoms with Gasteiger partial charge in [0.2, 0.25) is 11.8 Å². The third kappa shape index (κ3) is 4.42. The number of ether oxygens (including phenoxy) is 1. The Morgan fingerprint density at radius 1 is 1.11 bits per heavy atom. The number of likely N-dealkylation sites (tertiary alicyclic amines) is 1. The molecule has 1 aliphatic carbocycles. The molecule has 2 aliphatic rings. The summed E-state index contributed by atoms with van der Waals surface area (Å²) < 4.78 is 4.89.